The van der Waals surface area contributed by atoms with Crippen LogP contribution in [-0.2, 0) is 22.6 Å². The molecule has 0 amide bonds. The minimum atomic E-state index is -4.37. The second kappa shape index (κ2) is 6.82. The van der Waals surface area contributed by atoms with Crippen molar-refractivity contribution in [1.82, 2.24) is 14.3 Å². The molecule has 1 aliphatic rings. The summed E-state index contributed by atoms with van der Waals surface area (Å²) < 4.78 is 48.8. The Labute approximate surface area is 125 Å². The number of nitrogens with zero attached hydrogens (tertiary/aromatic N) is 3. The van der Waals surface area contributed by atoms with Crippen LogP contribution in [0.3, 0.4) is 0 Å². The summed E-state index contributed by atoms with van der Waals surface area (Å²) in [6, 6.07) is 0. The predicted octanol–water partition coefficient (Wildman–Crippen LogP) is 1.74. The molecule has 1 aromatic heterocycles. The van der Waals surface area contributed by atoms with Crippen LogP contribution in [0, 0.1) is 5.92 Å². The van der Waals surface area contributed by atoms with Gasteiger partial charge in [0.25, 0.3) is 0 Å². The zero-order valence-electron chi connectivity index (χ0n) is 12.6. The van der Waals surface area contributed by atoms with Crippen molar-refractivity contribution >= 4 is 0 Å². The van der Waals surface area contributed by atoms with Crippen molar-refractivity contribution in [2.45, 2.75) is 45.6 Å². The number of hydrogen-bond acceptors (Lipinski definition) is 4. The highest BCUT2D eigenvalue weighted by Gasteiger charge is 2.31. The Bertz CT molecular complexity index is 553. The van der Waals surface area contributed by atoms with E-state index in [1.807, 2.05) is 13.8 Å². The predicted molar refractivity (Wildman–Crippen MR) is 71.5 cm³/mol. The molecule has 9 heteroatoms. The molecular formula is C13H20F3N3O3. The van der Waals surface area contributed by atoms with Gasteiger partial charge in [-0.15, -0.1) is 0 Å². The lowest BCUT2D eigenvalue weighted by molar-refractivity contribution is -0.174. The molecule has 1 aromatic rings. The minimum Gasteiger partial charge on any atom is -0.370 e. The molecule has 0 aromatic carbocycles. The number of rotatable bonds is 6. The molecule has 2 heterocycles. The van der Waals surface area contributed by atoms with Gasteiger partial charge in [-0.25, -0.2) is 9.48 Å². The van der Waals surface area contributed by atoms with E-state index < -0.39 is 12.8 Å². The molecule has 1 fully saturated rings. The molecular weight excluding hydrogens is 303 g/mol. The molecule has 0 N–H and O–H groups in total. The lowest BCUT2D eigenvalue weighted by Crippen LogP contribution is -2.27. The monoisotopic (exact) mass is 323 g/mol. The average Bonchev–Trinajstić information content (AvgIpc) is 2.97. The fourth-order valence-corrected chi connectivity index (χ4v) is 2.48. The summed E-state index contributed by atoms with van der Waals surface area (Å²) in [5, 5.41) is 4.23. The first-order valence-corrected chi connectivity index (χ1v) is 7.27. The van der Waals surface area contributed by atoms with Crippen LogP contribution in [0.1, 0.15) is 32.2 Å². The largest absolute Gasteiger partial charge is 0.411 e. The van der Waals surface area contributed by atoms with Crippen molar-refractivity contribution in [3.8, 4) is 0 Å². The van der Waals surface area contributed by atoms with E-state index in [1.165, 1.54) is 4.57 Å². The second-order valence-electron chi connectivity index (χ2n) is 5.33. The van der Waals surface area contributed by atoms with Crippen LogP contribution < -0.4 is 5.69 Å². The van der Waals surface area contributed by atoms with E-state index in [9.17, 15) is 18.0 Å². The normalized spacial score (nSPS) is 22.4. The lowest BCUT2D eigenvalue weighted by Gasteiger charge is -2.13. The maximum Gasteiger partial charge on any atom is 0.411 e. The van der Waals surface area contributed by atoms with Crippen LogP contribution in [-0.4, -0.2) is 40.3 Å². The van der Waals surface area contributed by atoms with E-state index >= 15 is 0 Å². The zero-order valence-corrected chi connectivity index (χ0v) is 12.6. The maximum atomic E-state index is 12.2. The highest BCUT2D eigenvalue weighted by Crippen LogP contribution is 2.32. The third-order valence-electron chi connectivity index (χ3n) is 3.62. The van der Waals surface area contributed by atoms with Crippen molar-refractivity contribution in [2.24, 2.45) is 5.92 Å². The minimum absolute atomic E-state index is 0.0178. The van der Waals surface area contributed by atoms with Crippen LogP contribution in [0.4, 0.5) is 13.2 Å². The zero-order chi connectivity index (χ0) is 16.3. The highest BCUT2D eigenvalue weighted by atomic mass is 19.4. The van der Waals surface area contributed by atoms with Crippen molar-refractivity contribution < 1.29 is 22.6 Å². The van der Waals surface area contributed by atoms with E-state index in [4.69, 9.17) is 4.74 Å². The van der Waals surface area contributed by atoms with Gasteiger partial charge in [0, 0.05) is 13.2 Å². The SMILES string of the molecule is CCn1c([C@H]2OCC[C@H]2C)nn(CCOCC(F)(F)F)c1=O. The summed E-state index contributed by atoms with van der Waals surface area (Å²) in [5.74, 6) is 0.787. The molecule has 126 valence electrons. The van der Waals surface area contributed by atoms with Crippen LogP contribution in [0.2, 0.25) is 0 Å². The molecule has 22 heavy (non-hydrogen) atoms. The quantitative estimate of drug-likeness (QED) is 0.748. The van der Waals surface area contributed by atoms with Gasteiger partial charge < -0.3 is 9.47 Å². The summed E-state index contributed by atoms with van der Waals surface area (Å²) in [7, 11) is 0. The molecule has 2 atom stereocenters. The smallest absolute Gasteiger partial charge is 0.370 e. The van der Waals surface area contributed by atoms with Gasteiger partial charge in [-0.2, -0.15) is 18.3 Å². The lowest BCUT2D eigenvalue weighted by atomic mass is 10.0. The maximum absolute atomic E-state index is 12.2. The summed E-state index contributed by atoms with van der Waals surface area (Å²) in [5.41, 5.74) is -0.351. The van der Waals surface area contributed by atoms with Gasteiger partial charge in [0.2, 0.25) is 0 Å². The number of alkyl halides is 3. The molecule has 0 aliphatic carbocycles. The third kappa shape index (κ3) is 3.89. The molecule has 1 aliphatic heterocycles. The van der Waals surface area contributed by atoms with Crippen LogP contribution in [0.25, 0.3) is 0 Å². The molecule has 0 spiro atoms. The van der Waals surface area contributed by atoms with E-state index in [2.05, 4.69) is 9.84 Å². The van der Waals surface area contributed by atoms with Crippen LogP contribution in [0.5, 0.6) is 0 Å². The van der Waals surface area contributed by atoms with Crippen molar-refractivity contribution in [3.63, 3.8) is 0 Å². The summed E-state index contributed by atoms with van der Waals surface area (Å²) in [6.07, 6.45) is -3.72. The van der Waals surface area contributed by atoms with Crippen LogP contribution >= 0.6 is 0 Å². The van der Waals surface area contributed by atoms with E-state index in [0.29, 0.717) is 19.0 Å². The van der Waals surface area contributed by atoms with Gasteiger partial charge in [-0.05, 0) is 19.3 Å². The van der Waals surface area contributed by atoms with Crippen molar-refractivity contribution in [3.05, 3.63) is 16.3 Å². The van der Waals surface area contributed by atoms with E-state index in [0.717, 1.165) is 11.1 Å². The first-order chi connectivity index (χ1) is 10.3. The Morgan fingerprint density at radius 2 is 2.18 bits per heavy atom. The Morgan fingerprint density at radius 1 is 1.45 bits per heavy atom. The number of ether oxygens (including phenoxy) is 2. The highest BCUT2D eigenvalue weighted by molar-refractivity contribution is 4.97. The molecule has 6 nitrogen and oxygen atoms in total. The molecule has 0 saturated carbocycles. The van der Waals surface area contributed by atoms with Gasteiger partial charge in [-0.3, -0.25) is 4.57 Å². The Kier molecular flexibility index (Phi) is 5.28. The molecule has 2 rings (SSSR count). The summed E-state index contributed by atoms with van der Waals surface area (Å²) in [4.78, 5) is 12.2. The first kappa shape index (κ1) is 17.0. The van der Waals surface area contributed by atoms with Crippen molar-refractivity contribution in [1.29, 1.82) is 0 Å². The van der Waals surface area contributed by atoms with Gasteiger partial charge in [0.1, 0.15) is 12.7 Å². The fourth-order valence-electron chi connectivity index (χ4n) is 2.48. The Morgan fingerprint density at radius 3 is 2.73 bits per heavy atom. The average molecular weight is 323 g/mol. The Balaban J connectivity index is 2.06. The Hall–Kier alpha value is -1.35. The number of hydrogen-bond donors (Lipinski definition) is 0. The summed E-state index contributed by atoms with van der Waals surface area (Å²) >= 11 is 0. The molecule has 0 unspecified atom stereocenters. The fraction of sp³-hybridized carbons (Fsp3) is 0.846. The van der Waals surface area contributed by atoms with Gasteiger partial charge >= 0.3 is 11.9 Å². The second-order valence-corrected chi connectivity index (χ2v) is 5.33. The number of aromatic nitrogens is 3. The van der Waals surface area contributed by atoms with Crippen LogP contribution in [0.15, 0.2) is 4.79 Å². The molecule has 1 saturated heterocycles. The van der Waals surface area contributed by atoms with Gasteiger partial charge in [0.05, 0.1) is 13.2 Å². The van der Waals surface area contributed by atoms with Gasteiger partial charge in [-0.1, -0.05) is 6.92 Å². The first-order valence-electron chi connectivity index (χ1n) is 7.27. The topological polar surface area (TPSA) is 58.3 Å². The van der Waals surface area contributed by atoms with E-state index in [1.54, 1.807) is 0 Å². The number of halogens is 3. The summed E-state index contributed by atoms with van der Waals surface area (Å²) in [6.45, 7) is 3.32. The van der Waals surface area contributed by atoms with Gasteiger partial charge in [0.15, 0.2) is 5.82 Å². The standard InChI is InChI=1S/C13H20F3N3O3/c1-3-18-11(10-9(2)4-6-22-10)17-19(12(18)20)5-7-21-8-13(14,15)16/h9-10H,3-8H2,1-2H3/t9-,10+/m1/s1. The molecule has 0 bridgehead atoms. The van der Waals surface area contributed by atoms with Crippen molar-refractivity contribution in [2.75, 3.05) is 19.8 Å². The third-order valence-corrected chi connectivity index (χ3v) is 3.62. The molecule has 0 radical (unpaired) electrons. The van der Waals surface area contributed by atoms with E-state index in [-0.39, 0.29) is 30.9 Å².